The second-order valence-corrected chi connectivity index (χ2v) is 5.58. The molecule has 1 aromatic carbocycles. The maximum Gasteiger partial charge on any atom is 0.473 e. The first-order chi connectivity index (χ1) is 8.75. The molecule has 0 aliphatic heterocycles. The van der Waals surface area contributed by atoms with Gasteiger partial charge in [0.15, 0.2) is 0 Å². The second kappa shape index (κ2) is 6.14. The third kappa shape index (κ3) is 4.63. The van der Waals surface area contributed by atoms with Crippen molar-refractivity contribution in [1.82, 2.24) is 5.09 Å². The van der Waals surface area contributed by atoms with Gasteiger partial charge >= 0.3 is 13.4 Å². The number of rotatable bonds is 6. The van der Waals surface area contributed by atoms with Crippen LogP contribution in [0.3, 0.4) is 0 Å². The van der Waals surface area contributed by atoms with Gasteiger partial charge in [-0.15, -0.1) is 5.09 Å². The Morgan fingerprint density at radius 2 is 2.21 bits per heavy atom. The predicted octanol–water partition coefficient (Wildman–Crippen LogP) is 2.79. The van der Waals surface area contributed by atoms with Crippen molar-refractivity contribution < 1.29 is 18.9 Å². The molecule has 0 aromatic heterocycles. The maximum atomic E-state index is 11.8. The van der Waals surface area contributed by atoms with Crippen LogP contribution in [-0.2, 0) is 4.57 Å². The molecule has 0 fully saturated rings. The fraction of sp³-hybridized carbons (Fsp3) is 0.455. The number of nitro groups is 1. The van der Waals surface area contributed by atoms with E-state index in [0.717, 1.165) is 0 Å². The van der Waals surface area contributed by atoms with Gasteiger partial charge in [0.25, 0.3) is 0 Å². The van der Waals surface area contributed by atoms with Crippen molar-refractivity contribution in [1.29, 1.82) is 0 Å². The van der Waals surface area contributed by atoms with Crippen molar-refractivity contribution in [3.8, 4) is 5.75 Å². The number of hydrogen-bond donors (Lipinski definition) is 1. The van der Waals surface area contributed by atoms with Gasteiger partial charge in [-0.2, -0.15) is 0 Å². The van der Waals surface area contributed by atoms with E-state index in [1.54, 1.807) is 13.8 Å². The molecule has 19 heavy (non-hydrogen) atoms. The molecule has 1 radical (unpaired) electrons. The number of nitro benzene ring substituents is 1. The molecular formula is C11H16N2O5P. The molecule has 2 atom stereocenters. The molecule has 105 valence electrons. The summed E-state index contributed by atoms with van der Waals surface area (Å²) < 4.78 is 16.6. The molecule has 0 heterocycles. The third-order valence-corrected chi connectivity index (χ3v) is 3.58. The summed E-state index contributed by atoms with van der Waals surface area (Å²) in [5.74, 6) is -0.247. The van der Waals surface area contributed by atoms with E-state index in [0.29, 0.717) is 12.0 Å². The van der Waals surface area contributed by atoms with E-state index < -0.39 is 12.7 Å². The van der Waals surface area contributed by atoms with Gasteiger partial charge in [-0.3, -0.25) is 10.1 Å². The van der Waals surface area contributed by atoms with Gasteiger partial charge in [-0.05, 0) is 31.9 Å². The van der Waals surface area contributed by atoms with Crippen LogP contribution >= 0.6 is 7.75 Å². The maximum absolute atomic E-state index is 11.8. The Bertz CT molecular complexity index is 520. The SMILES string of the molecule is CCC(C)[N]P(=O)(O)Oc1cc(C)ccc1[N+](=O)[O-]. The normalized spacial score (nSPS) is 15.6. The fourth-order valence-corrected chi connectivity index (χ4v) is 2.44. The highest BCUT2D eigenvalue weighted by molar-refractivity contribution is 7.50. The van der Waals surface area contributed by atoms with Crippen molar-refractivity contribution in [3.63, 3.8) is 0 Å². The van der Waals surface area contributed by atoms with Crippen molar-refractivity contribution in [2.24, 2.45) is 0 Å². The van der Waals surface area contributed by atoms with Crippen molar-refractivity contribution >= 4 is 13.4 Å². The van der Waals surface area contributed by atoms with Gasteiger partial charge in [0, 0.05) is 12.1 Å². The predicted molar refractivity (Wildman–Crippen MR) is 70.2 cm³/mol. The summed E-state index contributed by atoms with van der Waals surface area (Å²) in [5.41, 5.74) is 0.323. The summed E-state index contributed by atoms with van der Waals surface area (Å²) in [5, 5.41) is 14.4. The molecule has 0 aliphatic carbocycles. The fourth-order valence-electron chi connectivity index (χ4n) is 1.33. The lowest BCUT2D eigenvalue weighted by Gasteiger charge is -2.16. The summed E-state index contributed by atoms with van der Waals surface area (Å²) in [6.45, 7) is 5.17. The molecule has 1 N–H and O–H groups in total. The van der Waals surface area contributed by atoms with E-state index in [2.05, 4.69) is 5.09 Å². The molecule has 0 saturated heterocycles. The van der Waals surface area contributed by atoms with E-state index >= 15 is 0 Å². The van der Waals surface area contributed by atoms with Crippen LogP contribution in [0, 0.1) is 17.0 Å². The molecular weight excluding hydrogens is 271 g/mol. The Morgan fingerprint density at radius 3 is 2.74 bits per heavy atom. The Balaban J connectivity index is 3.01. The van der Waals surface area contributed by atoms with E-state index in [4.69, 9.17) is 4.52 Å². The number of nitrogens with zero attached hydrogens (tertiary/aromatic N) is 2. The molecule has 0 amide bonds. The van der Waals surface area contributed by atoms with E-state index in [-0.39, 0.29) is 17.5 Å². The molecule has 8 heteroatoms. The zero-order valence-corrected chi connectivity index (χ0v) is 11.8. The first-order valence-electron chi connectivity index (χ1n) is 5.75. The zero-order valence-electron chi connectivity index (χ0n) is 10.9. The minimum Gasteiger partial charge on any atom is -0.405 e. The standard InChI is InChI=1S/C11H16N2O5P/c1-4-9(3)12-19(16,17)18-11-7-8(2)5-6-10(11)13(14)15/h5-7,9H,4H2,1-3H3,(H,16,17). The number of hydrogen-bond acceptors (Lipinski definition) is 4. The molecule has 0 aliphatic rings. The Labute approximate surface area is 111 Å². The van der Waals surface area contributed by atoms with Crippen molar-refractivity contribution in [3.05, 3.63) is 33.9 Å². The summed E-state index contributed by atoms with van der Waals surface area (Å²) in [7, 11) is -4.25. The number of aryl methyl sites for hydroxylation is 1. The van der Waals surface area contributed by atoms with Crippen LogP contribution in [0.15, 0.2) is 18.2 Å². The van der Waals surface area contributed by atoms with Gasteiger partial charge in [0.2, 0.25) is 5.75 Å². The van der Waals surface area contributed by atoms with E-state index in [9.17, 15) is 19.6 Å². The van der Waals surface area contributed by atoms with Crippen LogP contribution in [0.4, 0.5) is 5.69 Å². The monoisotopic (exact) mass is 287 g/mol. The molecule has 1 rings (SSSR count). The summed E-state index contributed by atoms with van der Waals surface area (Å²) in [4.78, 5) is 19.8. The molecule has 0 saturated carbocycles. The molecule has 0 spiro atoms. The Morgan fingerprint density at radius 1 is 1.58 bits per heavy atom. The molecule has 7 nitrogen and oxygen atoms in total. The zero-order chi connectivity index (χ0) is 14.6. The highest BCUT2D eigenvalue weighted by atomic mass is 31.2. The summed E-state index contributed by atoms with van der Waals surface area (Å²) in [6, 6.07) is 3.74. The van der Waals surface area contributed by atoms with Crippen LogP contribution in [0.1, 0.15) is 25.8 Å². The average molecular weight is 287 g/mol. The average Bonchev–Trinajstić information content (AvgIpc) is 2.27. The number of benzene rings is 1. The summed E-state index contributed by atoms with van der Waals surface area (Å²) in [6.07, 6.45) is 0.573. The minimum atomic E-state index is -4.25. The summed E-state index contributed by atoms with van der Waals surface area (Å²) >= 11 is 0. The highest BCUT2D eigenvalue weighted by Gasteiger charge is 2.29. The smallest absolute Gasteiger partial charge is 0.405 e. The van der Waals surface area contributed by atoms with Crippen molar-refractivity contribution in [2.45, 2.75) is 33.2 Å². The highest BCUT2D eigenvalue weighted by Crippen LogP contribution is 2.44. The lowest BCUT2D eigenvalue weighted by atomic mass is 10.2. The minimum absolute atomic E-state index is 0.247. The van der Waals surface area contributed by atoms with Crippen LogP contribution in [0.25, 0.3) is 0 Å². The molecule has 2 unspecified atom stereocenters. The van der Waals surface area contributed by atoms with Crippen LogP contribution in [-0.4, -0.2) is 15.9 Å². The van der Waals surface area contributed by atoms with Crippen LogP contribution in [0.5, 0.6) is 5.75 Å². The third-order valence-electron chi connectivity index (χ3n) is 2.46. The van der Waals surface area contributed by atoms with Crippen LogP contribution in [0.2, 0.25) is 0 Å². The largest absolute Gasteiger partial charge is 0.473 e. The van der Waals surface area contributed by atoms with Gasteiger partial charge in [0.1, 0.15) is 0 Å². The topological polar surface area (TPSA) is 104 Å². The first kappa shape index (κ1) is 15.6. The lowest BCUT2D eigenvalue weighted by Crippen LogP contribution is -2.17. The Kier molecular flexibility index (Phi) is 5.05. The second-order valence-electron chi connectivity index (χ2n) is 4.18. The van der Waals surface area contributed by atoms with E-state index in [1.165, 1.54) is 18.2 Å². The van der Waals surface area contributed by atoms with Gasteiger partial charge in [0.05, 0.1) is 4.92 Å². The molecule has 0 bridgehead atoms. The van der Waals surface area contributed by atoms with Gasteiger partial charge in [-0.1, -0.05) is 13.0 Å². The van der Waals surface area contributed by atoms with Crippen LogP contribution < -0.4 is 9.61 Å². The van der Waals surface area contributed by atoms with Crippen molar-refractivity contribution in [2.75, 3.05) is 0 Å². The lowest BCUT2D eigenvalue weighted by molar-refractivity contribution is -0.385. The van der Waals surface area contributed by atoms with E-state index in [1.807, 2.05) is 6.92 Å². The first-order valence-corrected chi connectivity index (χ1v) is 7.28. The molecule has 1 aromatic rings. The van der Waals surface area contributed by atoms with Gasteiger partial charge in [-0.25, -0.2) is 4.57 Å². The quantitative estimate of drug-likeness (QED) is 0.492. The van der Waals surface area contributed by atoms with Gasteiger partial charge < -0.3 is 9.42 Å². The Hall–Kier alpha value is -1.43.